The summed E-state index contributed by atoms with van der Waals surface area (Å²) >= 11 is 3.39. The van der Waals surface area contributed by atoms with E-state index in [1.165, 1.54) is 0 Å². The van der Waals surface area contributed by atoms with Crippen LogP contribution in [0.15, 0.2) is 34.8 Å². The van der Waals surface area contributed by atoms with Crippen LogP contribution in [-0.2, 0) is 9.59 Å². The van der Waals surface area contributed by atoms with Crippen LogP contribution in [0.25, 0.3) is 6.08 Å². The van der Waals surface area contributed by atoms with Crippen molar-refractivity contribution in [3.63, 3.8) is 0 Å². The monoisotopic (exact) mass is 322 g/mol. The van der Waals surface area contributed by atoms with Crippen LogP contribution < -0.4 is 5.32 Å². The Morgan fingerprint density at radius 1 is 1.37 bits per heavy atom. The van der Waals surface area contributed by atoms with Crippen molar-refractivity contribution in [2.75, 3.05) is 19.6 Å². The van der Waals surface area contributed by atoms with Gasteiger partial charge in [0.25, 0.3) is 0 Å². The van der Waals surface area contributed by atoms with Crippen molar-refractivity contribution in [2.45, 2.75) is 6.42 Å². The number of nitrogens with zero attached hydrogens (tertiary/aromatic N) is 1. The number of rotatable bonds is 2. The maximum absolute atomic E-state index is 12.0. The standard InChI is InChI=1S/C14H15BrN2O2/c15-12-3-1-2-11(10-12)4-5-14(19)17-8-6-13(18)16-7-9-17/h1-5,10H,6-9H2,(H,16,18)/b5-4+. The SMILES string of the molecule is O=C1CCN(C(=O)/C=C/c2cccc(Br)c2)CCN1. The topological polar surface area (TPSA) is 49.4 Å². The molecule has 0 aromatic heterocycles. The van der Waals surface area contributed by atoms with Crippen LogP contribution >= 0.6 is 15.9 Å². The number of nitrogens with one attached hydrogen (secondary N) is 1. The van der Waals surface area contributed by atoms with E-state index in [0.717, 1.165) is 10.0 Å². The highest BCUT2D eigenvalue weighted by Gasteiger charge is 2.16. The van der Waals surface area contributed by atoms with Gasteiger partial charge in [-0.3, -0.25) is 9.59 Å². The largest absolute Gasteiger partial charge is 0.354 e. The summed E-state index contributed by atoms with van der Waals surface area (Å²) in [6.07, 6.45) is 3.71. The van der Waals surface area contributed by atoms with Crippen molar-refractivity contribution in [3.8, 4) is 0 Å². The van der Waals surface area contributed by atoms with Crippen molar-refractivity contribution in [3.05, 3.63) is 40.4 Å². The van der Waals surface area contributed by atoms with Gasteiger partial charge in [0.05, 0.1) is 0 Å². The molecule has 1 aliphatic heterocycles. The zero-order chi connectivity index (χ0) is 13.7. The van der Waals surface area contributed by atoms with Crippen molar-refractivity contribution >= 4 is 33.8 Å². The van der Waals surface area contributed by atoms with Crippen molar-refractivity contribution in [1.82, 2.24) is 10.2 Å². The van der Waals surface area contributed by atoms with E-state index in [-0.39, 0.29) is 11.8 Å². The summed E-state index contributed by atoms with van der Waals surface area (Å²) in [6.45, 7) is 1.57. The maximum Gasteiger partial charge on any atom is 0.246 e. The van der Waals surface area contributed by atoms with Crippen LogP contribution in [0.4, 0.5) is 0 Å². The Bertz CT molecular complexity index is 514. The lowest BCUT2D eigenvalue weighted by molar-refractivity contribution is -0.125. The molecule has 2 rings (SSSR count). The van der Waals surface area contributed by atoms with Crippen LogP contribution in [0.5, 0.6) is 0 Å². The first-order valence-corrected chi connectivity index (χ1v) is 6.94. The molecular formula is C14H15BrN2O2. The number of benzene rings is 1. The Morgan fingerprint density at radius 2 is 2.21 bits per heavy atom. The fourth-order valence-corrected chi connectivity index (χ4v) is 2.29. The average Bonchev–Trinajstić information content (AvgIpc) is 2.61. The van der Waals surface area contributed by atoms with Gasteiger partial charge in [0, 0.05) is 36.6 Å². The summed E-state index contributed by atoms with van der Waals surface area (Å²) in [5, 5.41) is 2.75. The third kappa shape index (κ3) is 4.21. The molecule has 0 aliphatic carbocycles. The Kier molecular flexibility index (Phi) is 4.74. The van der Waals surface area contributed by atoms with Crippen molar-refractivity contribution in [2.24, 2.45) is 0 Å². The molecule has 1 fully saturated rings. The number of carbonyl (C=O) groups is 2. The predicted molar refractivity (Wildman–Crippen MR) is 77.4 cm³/mol. The highest BCUT2D eigenvalue weighted by atomic mass is 79.9. The van der Waals surface area contributed by atoms with Gasteiger partial charge >= 0.3 is 0 Å². The van der Waals surface area contributed by atoms with Gasteiger partial charge < -0.3 is 10.2 Å². The smallest absolute Gasteiger partial charge is 0.246 e. The fourth-order valence-electron chi connectivity index (χ4n) is 1.87. The first-order chi connectivity index (χ1) is 9.15. The molecule has 1 saturated heterocycles. The minimum Gasteiger partial charge on any atom is -0.354 e. The molecule has 0 spiro atoms. The van der Waals surface area contributed by atoms with E-state index < -0.39 is 0 Å². The molecule has 0 unspecified atom stereocenters. The molecule has 100 valence electrons. The normalized spacial score (nSPS) is 16.3. The number of carbonyl (C=O) groups excluding carboxylic acids is 2. The molecule has 4 nitrogen and oxygen atoms in total. The molecule has 5 heteroatoms. The fraction of sp³-hybridized carbons (Fsp3) is 0.286. The first-order valence-electron chi connectivity index (χ1n) is 6.14. The molecule has 1 aromatic rings. The number of amides is 2. The molecular weight excluding hydrogens is 308 g/mol. The van der Waals surface area contributed by atoms with Gasteiger partial charge in [-0.2, -0.15) is 0 Å². The summed E-state index contributed by atoms with van der Waals surface area (Å²) in [7, 11) is 0. The Morgan fingerprint density at radius 3 is 3.00 bits per heavy atom. The van der Waals surface area contributed by atoms with Crippen LogP contribution in [0.3, 0.4) is 0 Å². The van der Waals surface area contributed by atoms with Gasteiger partial charge in [0.15, 0.2) is 0 Å². The average molecular weight is 323 g/mol. The third-order valence-electron chi connectivity index (χ3n) is 2.89. The first kappa shape index (κ1) is 13.8. The van der Waals surface area contributed by atoms with Crippen molar-refractivity contribution in [1.29, 1.82) is 0 Å². The lowest BCUT2D eigenvalue weighted by Crippen LogP contribution is -2.32. The lowest BCUT2D eigenvalue weighted by Gasteiger charge is -2.17. The van der Waals surface area contributed by atoms with Gasteiger partial charge in [0.2, 0.25) is 11.8 Å². The van der Waals surface area contributed by atoms with E-state index in [2.05, 4.69) is 21.2 Å². The zero-order valence-corrected chi connectivity index (χ0v) is 12.0. The summed E-state index contributed by atoms with van der Waals surface area (Å²) in [6, 6.07) is 7.73. The van der Waals surface area contributed by atoms with E-state index in [1.807, 2.05) is 24.3 Å². The number of halogens is 1. The summed E-state index contributed by atoms with van der Waals surface area (Å²) in [4.78, 5) is 24.9. The molecule has 1 N–H and O–H groups in total. The molecule has 1 heterocycles. The van der Waals surface area contributed by atoms with Gasteiger partial charge in [-0.1, -0.05) is 28.1 Å². The van der Waals surface area contributed by atoms with Crippen LogP contribution in [0.1, 0.15) is 12.0 Å². The number of hydrogen-bond donors (Lipinski definition) is 1. The minimum atomic E-state index is -0.0588. The van der Waals surface area contributed by atoms with E-state index in [1.54, 1.807) is 17.1 Å². The van der Waals surface area contributed by atoms with Gasteiger partial charge in [-0.25, -0.2) is 0 Å². The molecule has 0 atom stereocenters. The molecule has 1 aliphatic rings. The van der Waals surface area contributed by atoms with E-state index in [9.17, 15) is 9.59 Å². The Labute approximate surface area is 120 Å². The minimum absolute atomic E-state index is 0.00581. The second-order valence-corrected chi connectivity index (χ2v) is 5.23. The molecule has 0 bridgehead atoms. The molecule has 19 heavy (non-hydrogen) atoms. The highest BCUT2D eigenvalue weighted by molar-refractivity contribution is 9.10. The zero-order valence-electron chi connectivity index (χ0n) is 10.4. The molecule has 1 aromatic carbocycles. The summed E-state index contributed by atoms with van der Waals surface area (Å²) in [5.41, 5.74) is 0.965. The summed E-state index contributed by atoms with van der Waals surface area (Å²) in [5.74, 6) is -0.0530. The van der Waals surface area contributed by atoms with Crippen molar-refractivity contribution < 1.29 is 9.59 Å². The van der Waals surface area contributed by atoms with Gasteiger partial charge in [-0.05, 0) is 23.8 Å². The van der Waals surface area contributed by atoms with Gasteiger partial charge in [0.1, 0.15) is 0 Å². The van der Waals surface area contributed by atoms with E-state index in [4.69, 9.17) is 0 Å². The Hall–Kier alpha value is -1.62. The van der Waals surface area contributed by atoms with Crippen LogP contribution in [0, 0.1) is 0 Å². The second-order valence-electron chi connectivity index (χ2n) is 4.31. The van der Waals surface area contributed by atoms with Crippen LogP contribution in [0.2, 0.25) is 0 Å². The Balaban J connectivity index is 1.98. The molecule has 0 radical (unpaired) electrons. The predicted octanol–water partition coefficient (Wildman–Crippen LogP) is 1.81. The maximum atomic E-state index is 12.0. The van der Waals surface area contributed by atoms with Gasteiger partial charge in [-0.15, -0.1) is 0 Å². The van der Waals surface area contributed by atoms with E-state index in [0.29, 0.717) is 26.1 Å². The second kappa shape index (κ2) is 6.52. The number of hydrogen-bond acceptors (Lipinski definition) is 2. The quantitative estimate of drug-likeness (QED) is 0.844. The third-order valence-corrected chi connectivity index (χ3v) is 3.38. The highest BCUT2D eigenvalue weighted by Crippen LogP contribution is 2.13. The molecule has 0 saturated carbocycles. The van der Waals surface area contributed by atoms with E-state index >= 15 is 0 Å². The lowest BCUT2D eigenvalue weighted by atomic mass is 10.2. The van der Waals surface area contributed by atoms with Crippen LogP contribution in [-0.4, -0.2) is 36.3 Å². The molecule has 2 amide bonds. The summed E-state index contributed by atoms with van der Waals surface area (Å²) < 4.78 is 0.978.